The van der Waals surface area contributed by atoms with Crippen LogP contribution in [-0.2, 0) is 13.0 Å². The van der Waals surface area contributed by atoms with Gasteiger partial charge >= 0.3 is 0 Å². The van der Waals surface area contributed by atoms with Crippen LogP contribution in [0.4, 0.5) is 24.8 Å². The van der Waals surface area contributed by atoms with Crippen molar-refractivity contribution in [3.8, 4) is 0 Å². The highest BCUT2D eigenvalue weighted by atomic mass is 19.2. The van der Waals surface area contributed by atoms with Crippen LogP contribution in [0, 0.1) is 17.5 Å². The van der Waals surface area contributed by atoms with Gasteiger partial charge in [0.05, 0.1) is 0 Å². The summed E-state index contributed by atoms with van der Waals surface area (Å²) in [6, 6.07) is 1.67. The lowest BCUT2D eigenvalue weighted by Crippen LogP contribution is -2.32. The molecule has 0 bridgehead atoms. The number of fused-ring (bicyclic) bond motifs is 1. The van der Waals surface area contributed by atoms with Crippen LogP contribution in [0.15, 0.2) is 18.5 Å². The third-order valence-electron chi connectivity index (χ3n) is 5.04. The highest BCUT2D eigenvalue weighted by Crippen LogP contribution is 2.29. The molecule has 0 spiro atoms. The predicted molar refractivity (Wildman–Crippen MR) is 93.1 cm³/mol. The molecular weight excluding hydrogens is 359 g/mol. The van der Waals surface area contributed by atoms with Crippen LogP contribution < -0.4 is 11.5 Å². The average Bonchev–Trinajstić information content (AvgIpc) is 3.28. The maximum atomic E-state index is 14.0. The molecule has 3 aromatic rings. The summed E-state index contributed by atoms with van der Waals surface area (Å²) in [5.41, 5.74) is 12.5. The third kappa shape index (κ3) is 3.05. The number of hydrogen-bond acceptors (Lipinski definition) is 6. The number of anilines is 2. The first-order valence-corrected chi connectivity index (χ1v) is 8.55. The SMILES string of the molecule is Nc1nc2ncnn2c(N)c1CC1CCCN1Cc1c(F)ccc(F)c1F. The van der Waals surface area contributed by atoms with E-state index in [-0.39, 0.29) is 24.0 Å². The molecule has 0 amide bonds. The van der Waals surface area contributed by atoms with E-state index in [1.165, 1.54) is 10.8 Å². The molecule has 142 valence electrons. The fourth-order valence-electron chi connectivity index (χ4n) is 3.61. The van der Waals surface area contributed by atoms with Crippen molar-refractivity contribution in [3.05, 3.63) is 47.0 Å². The molecule has 4 rings (SSSR count). The minimum absolute atomic E-state index is 0.0289. The molecular formula is C17H18F3N7. The van der Waals surface area contributed by atoms with Gasteiger partial charge in [-0.25, -0.2) is 13.2 Å². The summed E-state index contributed by atoms with van der Waals surface area (Å²) in [7, 11) is 0. The Hall–Kier alpha value is -2.88. The van der Waals surface area contributed by atoms with E-state index < -0.39 is 17.5 Å². The smallest absolute Gasteiger partial charge is 0.256 e. The van der Waals surface area contributed by atoms with Crippen LogP contribution in [0.25, 0.3) is 5.78 Å². The molecule has 1 unspecified atom stereocenters. The van der Waals surface area contributed by atoms with Gasteiger partial charge in [-0.3, -0.25) is 4.90 Å². The van der Waals surface area contributed by atoms with Crippen LogP contribution in [0.3, 0.4) is 0 Å². The summed E-state index contributed by atoms with van der Waals surface area (Å²) in [6.07, 6.45) is 3.42. The fraction of sp³-hybridized carbons (Fsp3) is 0.353. The number of nitrogen functional groups attached to an aromatic ring is 2. The van der Waals surface area contributed by atoms with Crippen molar-refractivity contribution in [2.24, 2.45) is 0 Å². The van der Waals surface area contributed by atoms with Crippen LogP contribution in [0.5, 0.6) is 0 Å². The van der Waals surface area contributed by atoms with Crippen LogP contribution in [0.1, 0.15) is 24.0 Å². The van der Waals surface area contributed by atoms with Gasteiger partial charge in [0.15, 0.2) is 11.6 Å². The topological polar surface area (TPSA) is 98.4 Å². The first-order chi connectivity index (χ1) is 13.0. The molecule has 27 heavy (non-hydrogen) atoms. The number of benzene rings is 1. The molecule has 2 aromatic heterocycles. The molecule has 1 atom stereocenters. The molecule has 1 aromatic carbocycles. The standard InChI is InChI=1S/C17H18F3N7/c18-12-3-4-13(19)14(20)11(12)7-26-5-1-2-9(26)6-10-15(21)25-17-23-8-24-27(17)16(10)22/h3-4,8-9H,1-2,5-7,22H2,(H2,21,23,24,25). The van der Waals surface area contributed by atoms with Crippen molar-refractivity contribution in [1.29, 1.82) is 0 Å². The molecule has 4 N–H and O–H groups in total. The number of aromatic nitrogens is 4. The zero-order valence-electron chi connectivity index (χ0n) is 14.4. The van der Waals surface area contributed by atoms with Gasteiger partial charge in [-0.05, 0) is 37.9 Å². The summed E-state index contributed by atoms with van der Waals surface area (Å²) in [5.74, 6) is -2.07. The van der Waals surface area contributed by atoms with E-state index in [9.17, 15) is 13.2 Å². The monoisotopic (exact) mass is 377 g/mol. The molecule has 1 fully saturated rings. The van der Waals surface area contributed by atoms with Crippen molar-refractivity contribution in [2.45, 2.75) is 31.8 Å². The average molecular weight is 377 g/mol. The van der Waals surface area contributed by atoms with Crippen molar-refractivity contribution in [1.82, 2.24) is 24.5 Å². The lowest BCUT2D eigenvalue weighted by atomic mass is 10.0. The van der Waals surface area contributed by atoms with Crippen LogP contribution in [0.2, 0.25) is 0 Å². The van der Waals surface area contributed by atoms with Crippen molar-refractivity contribution < 1.29 is 13.2 Å². The molecule has 1 aliphatic rings. The molecule has 0 saturated carbocycles. The quantitative estimate of drug-likeness (QED) is 0.674. The first kappa shape index (κ1) is 17.5. The summed E-state index contributed by atoms with van der Waals surface area (Å²) >= 11 is 0. The Bertz CT molecular complexity index is 1000. The highest BCUT2D eigenvalue weighted by molar-refractivity contribution is 5.58. The molecule has 1 aliphatic heterocycles. The van der Waals surface area contributed by atoms with E-state index >= 15 is 0 Å². The van der Waals surface area contributed by atoms with E-state index in [2.05, 4.69) is 15.1 Å². The van der Waals surface area contributed by atoms with Crippen molar-refractivity contribution in [2.75, 3.05) is 18.0 Å². The van der Waals surface area contributed by atoms with Gasteiger partial charge in [0, 0.05) is 23.7 Å². The molecule has 3 heterocycles. The van der Waals surface area contributed by atoms with E-state index in [1.807, 2.05) is 4.90 Å². The fourth-order valence-corrected chi connectivity index (χ4v) is 3.61. The normalized spacial score (nSPS) is 17.8. The maximum absolute atomic E-state index is 14.0. The van der Waals surface area contributed by atoms with Gasteiger partial charge in [0.2, 0.25) is 0 Å². The first-order valence-electron chi connectivity index (χ1n) is 8.55. The molecule has 10 heteroatoms. The number of nitrogens with zero attached hydrogens (tertiary/aromatic N) is 5. The maximum Gasteiger partial charge on any atom is 0.256 e. The Kier molecular flexibility index (Phi) is 4.34. The number of halogens is 3. The highest BCUT2D eigenvalue weighted by Gasteiger charge is 2.29. The Morgan fingerprint density at radius 2 is 1.89 bits per heavy atom. The number of hydrogen-bond donors (Lipinski definition) is 2. The van der Waals surface area contributed by atoms with Gasteiger partial charge in [-0.2, -0.15) is 19.6 Å². The summed E-state index contributed by atoms with van der Waals surface area (Å²) in [5, 5.41) is 4.02. The minimum Gasteiger partial charge on any atom is -0.383 e. The number of likely N-dealkylation sites (tertiary alicyclic amines) is 1. The Morgan fingerprint density at radius 1 is 1.11 bits per heavy atom. The van der Waals surface area contributed by atoms with E-state index in [0.29, 0.717) is 30.1 Å². The van der Waals surface area contributed by atoms with Crippen LogP contribution >= 0.6 is 0 Å². The van der Waals surface area contributed by atoms with Gasteiger partial charge < -0.3 is 11.5 Å². The van der Waals surface area contributed by atoms with E-state index in [1.54, 1.807) is 0 Å². The zero-order valence-corrected chi connectivity index (χ0v) is 14.4. The molecule has 0 aliphatic carbocycles. The van der Waals surface area contributed by atoms with Crippen molar-refractivity contribution >= 4 is 17.4 Å². The summed E-state index contributed by atoms with van der Waals surface area (Å²) < 4.78 is 42.9. The Balaban J connectivity index is 1.61. The van der Waals surface area contributed by atoms with Gasteiger partial charge in [-0.1, -0.05) is 0 Å². The number of rotatable bonds is 4. The van der Waals surface area contributed by atoms with Crippen molar-refractivity contribution in [3.63, 3.8) is 0 Å². The molecule has 7 nitrogen and oxygen atoms in total. The van der Waals surface area contributed by atoms with Gasteiger partial charge in [0.1, 0.15) is 23.8 Å². The van der Waals surface area contributed by atoms with E-state index in [4.69, 9.17) is 11.5 Å². The third-order valence-corrected chi connectivity index (χ3v) is 5.04. The van der Waals surface area contributed by atoms with E-state index in [0.717, 1.165) is 25.0 Å². The number of nitrogens with two attached hydrogens (primary N) is 2. The summed E-state index contributed by atoms with van der Waals surface area (Å²) in [6.45, 7) is 0.609. The largest absolute Gasteiger partial charge is 0.383 e. The lowest BCUT2D eigenvalue weighted by Gasteiger charge is -2.25. The second kappa shape index (κ2) is 6.69. The Morgan fingerprint density at radius 3 is 2.70 bits per heavy atom. The second-order valence-electron chi connectivity index (χ2n) is 6.63. The second-order valence-corrected chi connectivity index (χ2v) is 6.63. The van der Waals surface area contributed by atoms with Crippen LogP contribution in [-0.4, -0.2) is 37.1 Å². The molecule has 0 radical (unpaired) electrons. The zero-order chi connectivity index (χ0) is 19.1. The lowest BCUT2D eigenvalue weighted by molar-refractivity contribution is 0.236. The predicted octanol–water partition coefficient (Wildman–Crippen LogP) is 1.91. The van der Waals surface area contributed by atoms with Gasteiger partial charge in [-0.15, -0.1) is 0 Å². The minimum atomic E-state index is -1.15. The summed E-state index contributed by atoms with van der Waals surface area (Å²) in [4.78, 5) is 10.1. The van der Waals surface area contributed by atoms with Gasteiger partial charge in [0.25, 0.3) is 5.78 Å². The Labute approximate surface area is 152 Å². The molecule has 1 saturated heterocycles.